The van der Waals surface area contributed by atoms with E-state index in [-0.39, 0.29) is 0 Å². The maximum atomic E-state index is 5.99. The van der Waals surface area contributed by atoms with Gasteiger partial charge in [0.1, 0.15) is 17.6 Å². The molecule has 0 atom stereocenters. The number of ether oxygens (including phenoxy) is 1. The first kappa shape index (κ1) is 18.1. The monoisotopic (exact) mass is 314 g/mol. The van der Waals surface area contributed by atoms with Crippen LogP contribution in [-0.4, -0.2) is 47.7 Å². The minimum absolute atomic E-state index is 0.394. The molecule has 120 valence electrons. The lowest BCUT2D eigenvalue weighted by Gasteiger charge is -2.20. The molecular formula is C15H27ClN4O. The van der Waals surface area contributed by atoms with E-state index in [0.29, 0.717) is 30.2 Å². The van der Waals surface area contributed by atoms with Crippen molar-refractivity contribution in [1.82, 2.24) is 14.9 Å². The lowest BCUT2D eigenvalue weighted by molar-refractivity contribution is 0.128. The first-order chi connectivity index (χ1) is 10.0. The molecule has 0 spiro atoms. The molecule has 0 radical (unpaired) electrons. The van der Waals surface area contributed by atoms with E-state index in [1.54, 1.807) is 6.07 Å². The van der Waals surface area contributed by atoms with Crippen molar-refractivity contribution in [2.75, 3.05) is 32.1 Å². The van der Waals surface area contributed by atoms with Crippen LogP contribution < -0.4 is 5.32 Å². The Kier molecular flexibility index (Phi) is 8.57. The molecule has 0 aliphatic carbocycles. The zero-order valence-corrected chi connectivity index (χ0v) is 14.3. The molecule has 0 aromatic carbocycles. The van der Waals surface area contributed by atoms with Crippen LogP contribution in [0, 0.1) is 0 Å². The Labute approximate surface area is 133 Å². The van der Waals surface area contributed by atoms with E-state index < -0.39 is 0 Å². The first-order valence-corrected chi connectivity index (χ1v) is 7.96. The lowest BCUT2D eigenvalue weighted by atomic mass is 10.2. The van der Waals surface area contributed by atoms with E-state index in [0.717, 1.165) is 31.7 Å². The van der Waals surface area contributed by atoms with Gasteiger partial charge in [-0.3, -0.25) is 0 Å². The van der Waals surface area contributed by atoms with Crippen molar-refractivity contribution in [3.63, 3.8) is 0 Å². The fourth-order valence-electron chi connectivity index (χ4n) is 1.77. The average molecular weight is 315 g/mol. The topological polar surface area (TPSA) is 50.3 Å². The van der Waals surface area contributed by atoms with Crippen molar-refractivity contribution >= 4 is 17.4 Å². The Bertz CT molecular complexity index is 415. The summed E-state index contributed by atoms with van der Waals surface area (Å²) in [5, 5.41) is 3.74. The number of hydrogen-bond acceptors (Lipinski definition) is 5. The van der Waals surface area contributed by atoms with Gasteiger partial charge >= 0.3 is 0 Å². The lowest BCUT2D eigenvalue weighted by Crippen LogP contribution is -2.27. The van der Waals surface area contributed by atoms with Gasteiger partial charge in [0, 0.05) is 25.3 Å². The van der Waals surface area contributed by atoms with Crippen LogP contribution in [0.1, 0.15) is 39.4 Å². The molecule has 21 heavy (non-hydrogen) atoms. The minimum atomic E-state index is 0.394. The van der Waals surface area contributed by atoms with Crippen molar-refractivity contribution in [2.24, 2.45) is 0 Å². The maximum absolute atomic E-state index is 5.99. The van der Waals surface area contributed by atoms with Gasteiger partial charge in [0.15, 0.2) is 5.82 Å². The SMILES string of the molecule is CCOCc1nc(Cl)cc(NCCCCN(C)C(C)C)n1. The number of halogens is 1. The summed E-state index contributed by atoms with van der Waals surface area (Å²) < 4.78 is 5.30. The van der Waals surface area contributed by atoms with Gasteiger partial charge in [0.05, 0.1) is 0 Å². The van der Waals surface area contributed by atoms with Crippen LogP contribution in [0.5, 0.6) is 0 Å². The molecule has 0 fully saturated rings. The second kappa shape index (κ2) is 9.92. The van der Waals surface area contributed by atoms with Gasteiger partial charge in [-0.1, -0.05) is 11.6 Å². The van der Waals surface area contributed by atoms with E-state index in [1.807, 2.05) is 6.92 Å². The largest absolute Gasteiger partial charge is 0.374 e. The summed E-state index contributed by atoms with van der Waals surface area (Å²) >= 11 is 5.99. The van der Waals surface area contributed by atoms with Crippen LogP contribution in [-0.2, 0) is 11.3 Å². The van der Waals surface area contributed by atoms with Crippen LogP contribution in [0.2, 0.25) is 5.15 Å². The number of nitrogens with one attached hydrogen (secondary N) is 1. The van der Waals surface area contributed by atoms with E-state index in [4.69, 9.17) is 16.3 Å². The Balaban J connectivity index is 2.33. The predicted octanol–water partition coefficient (Wildman–Crippen LogP) is 3.20. The molecule has 6 heteroatoms. The van der Waals surface area contributed by atoms with Gasteiger partial charge in [0.2, 0.25) is 0 Å². The number of anilines is 1. The van der Waals surface area contributed by atoms with E-state index >= 15 is 0 Å². The fourth-order valence-corrected chi connectivity index (χ4v) is 1.97. The number of nitrogens with zero attached hydrogens (tertiary/aromatic N) is 3. The number of rotatable bonds is 10. The van der Waals surface area contributed by atoms with Crippen LogP contribution in [0.3, 0.4) is 0 Å². The molecule has 0 saturated carbocycles. The molecule has 1 aromatic rings. The van der Waals surface area contributed by atoms with Gasteiger partial charge in [-0.15, -0.1) is 0 Å². The molecule has 0 amide bonds. The third-order valence-corrected chi connectivity index (χ3v) is 3.50. The Morgan fingerprint density at radius 1 is 1.33 bits per heavy atom. The molecule has 1 heterocycles. The molecule has 0 unspecified atom stereocenters. The third-order valence-electron chi connectivity index (χ3n) is 3.30. The summed E-state index contributed by atoms with van der Waals surface area (Å²) in [5.41, 5.74) is 0. The van der Waals surface area contributed by atoms with Crippen molar-refractivity contribution in [1.29, 1.82) is 0 Å². The zero-order valence-electron chi connectivity index (χ0n) is 13.5. The molecule has 5 nitrogen and oxygen atoms in total. The average Bonchev–Trinajstić information content (AvgIpc) is 2.43. The highest BCUT2D eigenvalue weighted by Crippen LogP contribution is 2.12. The van der Waals surface area contributed by atoms with Crippen LogP contribution in [0.4, 0.5) is 5.82 Å². The van der Waals surface area contributed by atoms with Crippen molar-refractivity contribution in [3.05, 3.63) is 17.0 Å². The fraction of sp³-hybridized carbons (Fsp3) is 0.733. The molecule has 1 aromatic heterocycles. The van der Waals surface area contributed by atoms with Crippen LogP contribution >= 0.6 is 11.6 Å². The van der Waals surface area contributed by atoms with Gasteiger partial charge in [0.25, 0.3) is 0 Å². The minimum Gasteiger partial charge on any atom is -0.374 e. The van der Waals surface area contributed by atoms with Gasteiger partial charge in [-0.05, 0) is 47.2 Å². The Hall–Kier alpha value is -0.910. The van der Waals surface area contributed by atoms with E-state index in [2.05, 4.69) is 41.1 Å². The standard InChI is InChI=1S/C15H27ClN4O/c1-5-21-11-15-18-13(16)10-14(19-15)17-8-6-7-9-20(4)12(2)3/h10,12H,5-9,11H2,1-4H3,(H,17,18,19). The van der Waals surface area contributed by atoms with Crippen LogP contribution in [0.25, 0.3) is 0 Å². The first-order valence-electron chi connectivity index (χ1n) is 7.58. The molecule has 1 N–H and O–H groups in total. The van der Waals surface area contributed by atoms with Crippen molar-refractivity contribution in [3.8, 4) is 0 Å². The highest BCUT2D eigenvalue weighted by molar-refractivity contribution is 6.29. The van der Waals surface area contributed by atoms with Crippen molar-refractivity contribution < 1.29 is 4.74 Å². The number of aromatic nitrogens is 2. The normalized spacial score (nSPS) is 11.4. The number of hydrogen-bond donors (Lipinski definition) is 1. The highest BCUT2D eigenvalue weighted by atomic mass is 35.5. The molecule has 0 aliphatic heterocycles. The summed E-state index contributed by atoms with van der Waals surface area (Å²) in [6, 6.07) is 2.34. The molecule has 0 aliphatic rings. The van der Waals surface area contributed by atoms with Gasteiger partial charge in [-0.2, -0.15) is 0 Å². The zero-order chi connectivity index (χ0) is 15.7. The summed E-state index contributed by atoms with van der Waals surface area (Å²) in [6.07, 6.45) is 2.26. The molecule has 0 saturated heterocycles. The van der Waals surface area contributed by atoms with E-state index in [1.165, 1.54) is 0 Å². The summed E-state index contributed by atoms with van der Waals surface area (Å²) in [4.78, 5) is 10.9. The Morgan fingerprint density at radius 2 is 2.10 bits per heavy atom. The van der Waals surface area contributed by atoms with Gasteiger partial charge < -0.3 is 15.0 Å². The summed E-state index contributed by atoms with van der Waals surface area (Å²) in [6.45, 7) is 9.39. The Morgan fingerprint density at radius 3 is 2.76 bits per heavy atom. The smallest absolute Gasteiger partial charge is 0.158 e. The molecule has 1 rings (SSSR count). The summed E-state index contributed by atoms with van der Waals surface area (Å²) in [7, 11) is 2.16. The molecular weight excluding hydrogens is 288 g/mol. The second-order valence-corrected chi connectivity index (χ2v) is 5.72. The second-order valence-electron chi connectivity index (χ2n) is 5.34. The highest BCUT2D eigenvalue weighted by Gasteiger charge is 2.04. The van der Waals surface area contributed by atoms with E-state index in [9.17, 15) is 0 Å². The van der Waals surface area contributed by atoms with Crippen LogP contribution in [0.15, 0.2) is 6.07 Å². The van der Waals surface area contributed by atoms with Crippen molar-refractivity contribution in [2.45, 2.75) is 46.3 Å². The predicted molar refractivity (Wildman–Crippen MR) is 87.9 cm³/mol. The van der Waals surface area contributed by atoms with Gasteiger partial charge in [-0.25, -0.2) is 9.97 Å². The summed E-state index contributed by atoms with van der Waals surface area (Å²) in [5.74, 6) is 1.38. The third kappa shape index (κ3) is 7.60. The maximum Gasteiger partial charge on any atom is 0.158 e. The quantitative estimate of drug-likeness (QED) is 0.531. The number of unbranched alkanes of at least 4 members (excludes halogenated alkanes) is 1. The molecule has 0 bridgehead atoms.